The van der Waals surface area contributed by atoms with Crippen LogP contribution in [-0.4, -0.2) is 75.5 Å². The summed E-state index contributed by atoms with van der Waals surface area (Å²) in [6.45, 7) is 3.12. The second kappa shape index (κ2) is 8.68. The molecule has 5 rings (SSSR count). The number of aromatic amines is 1. The van der Waals surface area contributed by atoms with Crippen LogP contribution in [0.4, 0.5) is 10.1 Å². The van der Waals surface area contributed by atoms with E-state index in [0.717, 1.165) is 26.5 Å². The van der Waals surface area contributed by atoms with E-state index in [1.165, 1.54) is 32.3 Å². The van der Waals surface area contributed by atoms with E-state index in [-0.39, 0.29) is 16.6 Å². The zero-order valence-corrected chi connectivity index (χ0v) is 20.0. The predicted molar refractivity (Wildman–Crippen MR) is 127 cm³/mol. The lowest BCUT2D eigenvalue weighted by Crippen LogP contribution is -2.40. The summed E-state index contributed by atoms with van der Waals surface area (Å²) in [6.07, 6.45) is 0.611. The number of ether oxygens (including phenoxy) is 1. The molecular weight excluding hydrogens is 459 g/mol. The van der Waals surface area contributed by atoms with Crippen molar-refractivity contribution in [2.75, 3.05) is 51.8 Å². The molecule has 0 aliphatic carbocycles. The van der Waals surface area contributed by atoms with Gasteiger partial charge in [-0.05, 0) is 36.4 Å². The number of nitrogens with zero attached hydrogens (tertiary/aromatic N) is 3. The van der Waals surface area contributed by atoms with Gasteiger partial charge in [0.2, 0.25) is 10.0 Å². The zero-order valence-electron chi connectivity index (χ0n) is 19.2. The van der Waals surface area contributed by atoms with Crippen LogP contribution in [0.2, 0.25) is 0 Å². The number of rotatable bonds is 4. The molecule has 8 nitrogen and oxygen atoms in total. The summed E-state index contributed by atoms with van der Waals surface area (Å²) in [5.41, 5.74) is 3.79. The lowest BCUT2D eigenvalue weighted by Gasteiger charge is -2.33. The molecule has 2 aromatic carbocycles. The summed E-state index contributed by atoms with van der Waals surface area (Å²) >= 11 is 0. The molecule has 10 heteroatoms. The highest BCUT2D eigenvalue weighted by Gasteiger charge is 2.30. The average molecular weight is 487 g/mol. The van der Waals surface area contributed by atoms with Crippen LogP contribution in [0.15, 0.2) is 41.3 Å². The molecule has 2 aliphatic rings. The van der Waals surface area contributed by atoms with Crippen molar-refractivity contribution in [3.8, 4) is 0 Å². The van der Waals surface area contributed by atoms with Crippen LogP contribution in [-0.2, 0) is 27.7 Å². The van der Waals surface area contributed by atoms with Gasteiger partial charge >= 0.3 is 0 Å². The molecular formula is C24H27FN4O4S. The molecule has 0 spiro atoms. The Morgan fingerprint density at radius 3 is 2.59 bits per heavy atom. The maximum atomic E-state index is 13.9. The Morgan fingerprint density at radius 2 is 1.85 bits per heavy atom. The van der Waals surface area contributed by atoms with Gasteiger partial charge in [-0.25, -0.2) is 17.1 Å². The van der Waals surface area contributed by atoms with Gasteiger partial charge < -0.3 is 19.5 Å². The summed E-state index contributed by atoms with van der Waals surface area (Å²) in [5.74, 6) is -0.567. The molecule has 0 bridgehead atoms. The predicted octanol–water partition coefficient (Wildman–Crippen LogP) is 2.59. The number of aromatic nitrogens is 1. The molecule has 3 heterocycles. The maximum Gasteiger partial charge on any atom is 0.256 e. The molecule has 2 aliphatic heterocycles. The molecule has 34 heavy (non-hydrogen) atoms. The fraction of sp³-hybridized carbons (Fsp3) is 0.375. The molecule has 1 aromatic heterocycles. The smallest absolute Gasteiger partial charge is 0.256 e. The molecule has 0 atom stereocenters. The van der Waals surface area contributed by atoms with E-state index in [2.05, 4.69) is 9.88 Å². The third kappa shape index (κ3) is 3.95. The number of carbonyl (C=O) groups excluding carboxylic acids is 1. The van der Waals surface area contributed by atoms with Crippen LogP contribution in [0.1, 0.15) is 21.6 Å². The Balaban J connectivity index is 1.54. The van der Waals surface area contributed by atoms with E-state index in [1.54, 1.807) is 23.1 Å². The van der Waals surface area contributed by atoms with Crippen molar-refractivity contribution in [3.63, 3.8) is 0 Å². The van der Waals surface area contributed by atoms with E-state index >= 15 is 0 Å². The van der Waals surface area contributed by atoms with Crippen LogP contribution in [0, 0.1) is 5.82 Å². The van der Waals surface area contributed by atoms with Crippen LogP contribution < -0.4 is 4.90 Å². The Labute approximate surface area is 197 Å². The first-order chi connectivity index (χ1) is 16.3. The topological polar surface area (TPSA) is 86.0 Å². The number of hydrogen-bond acceptors (Lipinski definition) is 5. The van der Waals surface area contributed by atoms with Crippen LogP contribution in [0.5, 0.6) is 0 Å². The number of morpholine rings is 1. The first-order valence-electron chi connectivity index (χ1n) is 11.2. The fourth-order valence-corrected chi connectivity index (χ4v) is 5.60. The Morgan fingerprint density at radius 1 is 1.09 bits per heavy atom. The van der Waals surface area contributed by atoms with Gasteiger partial charge in [-0.2, -0.15) is 0 Å². The van der Waals surface area contributed by atoms with Crippen molar-refractivity contribution < 1.29 is 22.3 Å². The highest BCUT2D eigenvalue weighted by atomic mass is 32.2. The molecule has 1 amide bonds. The SMILES string of the molecule is CN(C)S(=O)(=O)c1ccc(N2CCOCC2)c(C(=O)N2CCc3[nH]c4ccc(F)cc4c3C2)c1. The first kappa shape index (κ1) is 22.8. The molecule has 180 valence electrons. The third-order valence-electron chi connectivity index (χ3n) is 6.55. The van der Waals surface area contributed by atoms with Gasteiger partial charge in [0, 0.05) is 74.5 Å². The van der Waals surface area contributed by atoms with Crippen molar-refractivity contribution in [3.05, 3.63) is 59.0 Å². The number of hydrogen-bond donors (Lipinski definition) is 1. The zero-order chi connectivity index (χ0) is 24.0. The quantitative estimate of drug-likeness (QED) is 0.613. The Bertz CT molecular complexity index is 1360. The van der Waals surface area contributed by atoms with E-state index in [9.17, 15) is 17.6 Å². The number of carbonyl (C=O) groups is 1. The number of halogens is 1. The maximum absolute atomic E-state index is 13.9. The van der Waals surface area contributed by atoms with Gasteiger partial charge in [-0.3, -0.25) is 4.79 Å². The van der Waals surface area contributed by atoms with Crippen molar-refractivity contribution in [1.29, 1.82) is 0 Å². The van der Waals surface area contributed by atoms with Gasteiger partial charge in [-0.1, -0.05) is 0 Å². The van der Waals surface area contributed by atoms with Crippen molar-refractivity contribution in [2.24, 2.45) is 0 Å². The Kier molecular flexibility index (Phi) is 5.83. The summed E-state index contributed by atoms with van der Waals surface area (Å²) in [7, 11) is -0.777. The molecule has 0 radical (unpaired) electrons. The van der Waals surface area contributed by atoms with Crippen molar-refractivity contribution >= 4 is 32.5 Å². The lowest BCUT2D eigenvalue weighted by atomic mass is 10.0. The standard InChI is InChI=1S/C24H27FN4O4S/c1-27(2)34(31,32)17-4-6-23(28-9-11-33-12-10-28)19(14-17)24(30)29-8-7-22-20(15-29)18-13-16(25)3-5-21(18)26-22/h3-6,13-14,26H,7-12,15H2,1-2H3. The van der Waals surface area contributed by atoms with Gasteiger partial charge in [0.1, 0.15) is 5.82 Å². The van der Waals surface area contributed by atoms with Gasteiger partial charge in [-0.15, -0.1) is 0 Å². The number of amides is 1. The highest BCUT2D eigenvalue weighted by Crippen LogP contribution is 2.32. The number of fused-ring (bicyclic) bond motifs is 3. The van der Waals surface area contributed by atoms with Crippen molar-refractivity contribution in [2.45, 2.75) is 17.9 Å². The minimum atomic E-state index is -3.71. The molecule has 0 saturated carbocycles. The monoisotopic (exact) mass is 486 g/mol. The molecule has 1 N–H and O–H groups in total. The van der Waals surface area contributed by atoms with E-state index in [1.807, 2.05) is 0 Å². The number of sulfonamides is 1. The van der Waals surface area contributed by atoms with Crippen molar-refractivity contribution in [1.82, 2.24) is 14.2 Å². The number of anilines is 1. The van der Waals surface area contributed by atoms with E-state index < -0.39 is 10.0 Å². The van der Waals surface area contributed by atoms with Gasteiger partial charge in [0.25, 0.3) is 5.91 Å². The lowest BCUT2D eigenvalue weighted by molar-refractivity contribution is 0.0734. The van der Waals surface area contributed by atoms with Crippen LogP contribution in [0.25, 0.3) is 10.9 Å². The van der Waals surface area contributed by atoms with Gasteiger partial charge in [0.05, 0.1) is 23.7 Å². The minimum Gasteiger partial charge on any atom is -0.378 e. The van der Waals surface area contributed by atoms with E-state index in [0.29, 0.717) is 57.1 Å². The second-order valence-electron chi connectivity index (χ2n) is 8.81. The normalized spacial score (nSPS) is 16.8. The van der Waals surface area contributed by atoms with Gasteiger partial charge in [0.15, 0.2) is 0 Å². The first-order valence-corrected chi connectivity index (χ1v) is 12.7. The summed E-state index contributed by atoms with van der Waals surface area (Å²) < 4.78 is 46.1. The van der Waals surface area contributed by atoms with Crippen LogP contribution in [0.3, 0.4) is 0 Å². The molecule has 0 unspecified atom stereocenters. The van der Waals surface area contributed by atoms with Crippen LogP contribution >= 0.6 is 0 Å². The third-order valence-corrected chi connectivity index (χ3v) is 8.36. The highest BCUT2D eigenvalue weighted by molar-refractivity contribution is 7.89. The summed E-state index contributed by atoms with van der Waals surface area (Å²) in [5, 5.41) is 0.768. The number of H-pyrrole nitrogens is 1. The summed E-state index contributed by atoms with van der Waals surface area (Å²) in [6, 6.07) is 9.35. The molecule has 1 fully saturated rings. The molecule has 1 saturated heterocycles. The summed E-state index contributed by atoms with van der Waals surface area (Å²) in [4.78, 5) is 21.0. The average Bonchev–Trinajstić information content (AvgIpc) is 3.20. The number of benzene rings is 2. The molecule has 3 aromatic rings. The minimum absolute atomic E-state index is 0.0738. The fourth-order valence-electron chi connectivity index (χ4n) is 4.67. The van der Waals surface area contributed by atoms with E-state index in [4.69, 9.17) is 4.74 Å². The largest absolute Gasteiger partial charge is 0.378 e. The Hall–Kier alpha value is -2.95. The number of nitrogens with one attached hydrogen (secondary N) is 1. The second-order valence-corrected chi connectivity index (χ2v) is 11.0.